The minimum Gasteiger partial charge on any atom is -0.206 e. The van der Waals surface area contributed by atoms with Crippen LogP contribution in [-0.4, -0.2) is 0 Å². The molecule has 0 unspecified atom stereocenters. The Kier molecular flexibility index (Phi) is 1.95. The Morgan fingerprint density at radius 2 is 1.71 bits per heavy atom. The van der Waals surface area contributed by atoms with E-state index in [2.05, 4.69) is 0 Å². The molecule has 2 rings (SSSR count). The van der Waals surface area contributed by atoms with E-state index in [1.807, 2.05) is 0 Å². The van der Waals surface area contributed by atoms with E-state index in [0.717, 1.165) is 12.1 Å². The highest BCUT2D eigenvalue weighted by molar-refractivity contribution is 5.86. The molecule has 72 valence electrons. The van der Waals surface area contributed by atoms with Gasteiger partial charge in [-0.15, -0.1) is 0 Å². The summed E-state index contributed by atoms with van der Waals surface area (Å²) in [6.45, 7) is 1.62. The van der Waals surface area contributed by atoms with E-state index in [-0.39, 0.29) is 5.39 Å². The van der Waals surface area contributed by atoms with Crippen LogP contribution in [0.15, 0.2) is 24.3 Å². The van der Waals surface area contributed by atoms with Crippen molar-refractivity contribution in [2.75, 3.05) is 0 Å². The molecule has 0 atom stereocenters. The first kappa shape index (κ1) is 9.06. The van der Waals surface area contributed by atoms with Crippen LogP contribution in [0.2, 0.25) is 0 Å². The van der Waals surface area contributed by atoms with Crippen molar-refractivity contribution in [2.45, 2.75) is 6.92 Å². The molecular weight excluding hydrogens is 189 g/mol. The molecule has 0 saturated carbocycles. The molecule has 0 heterocycles. The van der Waals surface area contributed by atoms with Crippen molar-refractivity contribution in [2.24, 2.45) is 0 Å². The first-order chi connectivity index (χ1) is 6.61. The number of hydrogen-bond donors (Lipinski definition) is 0. The third-order valence-corrected chi connectivity index (χ3v) is 2.21. The summed E-state index contributed by atoms with van der Waals surface area (Å²) in [4.78, 5) is 0. The van der Waals surface area contributed by atoms with Gasteiger partial charge in [0.1, 0.15) is 5.82 Å². The molecular formula is C11H7F3. The van der Waals surface area contributed by atoms with Gasteiger partial charge in [-0.25, -0.2) is 13.2 Å². The average Bonchev–Trinajstić information content (AvgIpc) is 2.14. The van der Waals surface area contributed by atoms with Gasteiger partial charge in [-0.05, 0) is 30.0 Å². The Morgan fingerprint density at radius 1 is 1.00 bits per heavy atom. The second-order valence-corrected chi connectivity index (χ2v) is 3.15. The van der Waals surface area contributed by atoms with Crippen LogP contribution in [0, 0.1) is 24.4 Å². The Morgan fingerprint density at radius 3 is 2.43 bits per heavy atom. The molecule has 2 aromatic carbocycles. The third-order valence-electron chi connectivity index (χ3n) is 2.21. The van der Waals surface area contributed by atoms with Crippen LogP contribution in [0.4, 0.5) is 13.2 Å². The lowest BCUT2D eigenvalue weighted by molar-refractivity contribution is 0.511. The second kappa shape index (κ2) is 3.01. The van der Waals surface area contributed by atoms with Gasteiger partial charge in [0.05, 0.1) is 5.39 Å². The number of aryl methyl sites for hydroxylation is 1. The Balaban J connectivity index is 3.03. The van der Waals surface area contributed by atoms with Crippen molar-refractivity contribution in [3.63, 3.8) is 0 Å². The Hall–Kier alpha value is -1.51. The van der Waals surface area contributed by atoms with Crippen LogP contribution >= 0.6 is 0 Å². The first-order valence-electron chi connectivity index (χ1n) is 4.14. The zero-order valence-corrected chi connectivity index (χ0v) is 7.44. The highest BCUT2D eigenvalue weighted by atomic mass is 19.2. The molecule has 2 aromatic rings. The van der Waals surface area contributed by atoms with Crippen molar-refractivity contribution in [3.8, 4) is 0 Å². The van der Waals surface area contributed by atoms with Gasteiger partial charge in [-0.2, -0.15) is 0 Å². The smallest absolute Gasteiger partial charge is 0.169 e. The predicted molar refractivity (Wildman–Crippen MR) is 48.6 cm³/mol. The summed E-state index contributed by atoms with van der Waals surface area (Å²) in [5.74, 6) is -2.87. The molecule has 0 aliphatic carbocycles. The lowest BCUT2D eigenvalue weighted by atomic mass is 10.0. The van der Waals surface area contributed by atoms with Gasteiger partial charge in [0, 0.05) is 0 Å². The molecule has 0 bridgehead atoms. The van der Waals surface area contributed by atoms with Crippen molar-refractivity contribution in [3.05, 3.63) is 47.3 Å². The lowest BCUT2D eigenvalue weighted by Crippen LogP contribution is -1.92. The minimum absolute atomic E-state index is 0.273. The van der Waals surface area contributed by atoms with E-state index in [4.69, 9.17) is 0 Å². The van der Waals surface area contributed by atoms with Crippen LogP contribution < -0.4 is 0 Å². The maximum atomic E-state index is 13.2. The highest BCUT2D eigenvalue weighted by Crippen LogP contribution is 2.26. The summed E-state index contributed by atoms with van der Waals surface area (Å²) >= 11 is 0. The standard InChI is InChI=1S/C11H7F3/c1-6-5-9(13)11(14)10-7(6)3-2-4-8(10)12/h2-5H,1H3. The van der Waals surface area contributed by atoms with Gasteiger partial charge in [-0.1, -0.05) is 12.1 Å². The van der Waals surface area contributed by atoms with Gasteiger partial charge in [0.2, 0.25) is 0 Å². The van der Waals surface area contributed by atoms with Crippen LogP contribution in [0.1, 0.15) is 5.56 Å². The number of halogens is 3. The largest absolute Gasteiger partial charge is 0.206 e. The molecule has 0 saturated heterocycles. The summed E-state index contributed by atoms with van der Waals surface area (Å²) < 4.78 is 39.4. The van der Waals surface area contributed by atoms with Crippen molar-refractivity contribution >= 4 is 10.8 Å². The maximum absolute atomic E-state index is 13.2. The Bertz CT molecular complexity index is 503. The van der Waals surface area contributed by atoms with Gasteiger partial charge in [0.25, 0.3) is 0 Å². The normalized spacial score (nSPS) is 10.9. The van der Waals surface area contributed by atoms with Gasteiger partial charge in [-0.3, -0.25) is 0 Å². The highest BCUT2D eigenvalue weighted by Gasteiger charge is 2.12. The van der Waals surface area contributed by atoms with E-state index in [1.54, 1.807) is 13.0 Å². The molecule has 0 radical (unpaired) electrons. The van der Waals surface area contributed by atoms with Crippen LogP contribution in [0.5, 0.6) is 0 Å². The summed E-state index contributed by atoms with van der Waals surface area (Å²) in [5.41, 5.74) is 0.526. The van der Waals surface area contributed by atoms with Crippen molar-refractivity contribution in [1.82, 2.24) is 0 Å². The first-order valence-corrected chi connectivity index (χ1v) is 4.14. The van der Waals surface area contributed by atoms with E-state index < -0.39 is 17.5 Å². The topological polar surface area (TPSA) is 0 Å². The number of fused-ring (bicyclic) bond motifs is 1. The van der Waals surface area contributed by atoms with Crippen LogP contribution in [0.3, 0.4) is 0 Å². The van der Waals surface area contributed by atoms with E-state index in [1.165, 1.54) is 6.07 Å². The molecule has 0 aliphatic rings. The van der Waals surface area contributed by atoms with Crippen LogP contribution in [-0.2, 0) is 0 Å². The third kappa shape index (κ3) is 1.16. The van der Waals surface area contributed by atoms with Gasteiger partial charge >= 0.3 is 0 Å². The maximum Gasteiger partial charge on any atom is 0.169 e. The van der Waals surface area contributed by atoms with E-state index in [0.29, 0.717) is 10.9 Å². The fraction of sp³-hybridized carbons (Fsp3) is 0.0909. The number of benzene rings is 2. The lowest BCUT2D eigenvalue weighted by Gasteiger charge is -2.05. The molecule has 0 N–H and O–H groups in total. The van der Waals surface area contributed by atoms with Gasteiger partial charge in [0.15, 0.2) is 11.6 Å². The monoisotopic (exact) mass is 196 g/mol. The van der Waals surface area contributed by atoms with Crippen LogP contribution in [0.25, 0.3) is 10.8 Å². The summed E-state index contributed by atoms with van der Waals surface area (Å²) in [6, 6.07) is 5.22. The molecule has 14 heavy (non-hydrogen) atoms. The minimum atomic E-state index is -1.12. The zero-order valence-electron chi connectivity index (χ0n) is 7.44. The zero-order chi connectivity index (χ0) is 10.3. The quantitative estimate of drug-likeness (QED) is 0.604. The second-order valence-electron chi connectivity index (χ2n) is 3.15. The number of rotatable bonds is 0. The number of hydrogen-bond acceptors (Lipinski definition) is 0. The molecule has 0 nitrogen and oxygen atoms in total. The van der Waals surface area contributed by atoms with E-state index in [9.17, 15) is 13.2 Å². The fourth-order valence-corrected chi connectivity index (χ4v) is 1.53. The van der Waals surface area contributed by atoms with Gasteiger partial charge < -0.3 is 0 Å². The fourth-order valence-electron chi connectivity index (χ4n) is 1.53. The van der Waals surface area contributed by atoms with Crippen molar-refractivity contribution < 1.29 is 13.2 Å². The molecule has 0 spiro atoms. The molecule has 0 aromatic heterocycles. The molecule has 3 heteroatoms. The SMILES string of the molecule is Cc1cc(F)c(F)c2c(F)cccc12. The van der Waals surface area contributed by atoms with E-state index >= 15 is 0 Å². The van der Waals surface area contributed by atoms with Crippen molar-refractivity contribution in [1.29, 1.82) is 0 Å². The average molecular weight is 196 g/mol. The summed E-state index contributed by atoms with van der Waals surface area (Å²) in [7, 11) is 0. The summed E-state index contributed by atoms with van der Waals surface area (Å²) in [6.07, 6.45) is 0. The molecule has 0 aliphatic heterocycles. The predicted octanol–water partition coefficient (Wildman–Crippen LogP) is 3.57. The molecule has 0 fully saturated rings. The summed E-state index contributed by atoms with van der Waals surface area (Å²) in [5, 5.41) is 0.133. The Labute approximate surface area is 79.0 Å². The molecule has 0 amide bonds.